The van der Waals surface area contributed by atoms with Crippen LogP contribution in [0.5, 0.6) is 0 Å². The molecule has 5 nitrogen and oxygen atoms in total. The van der Waals surface area contributed by atoms with Crippen molar-refractivity contribution in [2.45, 2.75) is 25.2 Å². The summed E-state index contributed by atoms with van der Waals surface area (Å²) in [7, 11) is -3.88. The van der Waals surface area contributed by atoms with Crippen molar-refractivity contribution in [3.8, 4) is 0 Å². The minimum Gasteiger partial charge on any atom is -0.481 e. The van der Waals surface area contributed by atoms with Gasteiger partial charge in [0.15, 0.2) is 0 Å². The predicted octanol–water partition coefficient (Wildman–Crippen LogP) is 1.87. The summed E-state index contributed by atoms with van der Waals surface area (Å²) in [6, 6.07) is 3.59. The monoisotopic (exact) mass is 315 g/mol. The summed E-state index contributed by atoms with van der Waals surface area (Å²) in [6.45, 7) is 3.59. The highest BCUT2D eigenvalue weighted by Crippen LogP contribution is 2.28. The molecule has 2 atom stereocenters. The van der Waals surface area contributed by atoms with Gasteiger partial charge in [-0.15, -0.1) is 0 Å². The van der Waals surface area contributed by atoms with E-state index < -0.39 is 27.7 Å². The number of aliphatic carboxylic acids is 1. The van der Waals surface area contributed by atoms with E-state index in [9.17, 15) is 17.6 Å². The maximum absolute atomic E-state index is 13.3. The predicted molar refractivity (Wildman–Crippen MR) is 74.8 cm³/mol. The van der Waals surface area contributed by atoms with E-state index in [-0.39, 0.29) is 23.9 Å². The fourth-order valence-electron chi connectivity index (χ4n) is 2.67. The Balaban J connectivity index is 2.38. The van der Waals surface area contributed by atoms with Crippen molar-refractivity contribution in [2.24, 2.45) is 11.8 Å². The average molecular weight is 315 g/mol. The molecule has 0 aromatic heterocycles. The lowest BCUT2D eigenvalue weighted by Crippen LogP contribution is -2.45. The van der Waals surface area contributed by atoms with Crippen molar-refractivity contribution in [1.29, 1.82) is 0 Å². The molecular weight excluding hydrogens is 297 g/mol. The first kappa shape index (κ1) is 15.9. The first-order valence-corrected chi connectivity index (χ1v) is 8.15. The minimum absolute atomic E-state index is 0.0523. The normalized spacial score (nSPS) is 24.0. The third-order valence-corrected chi connectivity index (χ3v) is 5.72. The number of sulfonamides is 1. The molecule has 1 N–H and O–H groups in total. The van der Waals surface area contributed by atoms with Crippen LogP contribution in [0, 0.1) is 24.6 Å². The van der Waals surface area contributed by atoms with E-state index in [1.165, 1.54) is 12.1 Å². The highest BCUT2D eigenvalue weighted by Gasteiger charge is 2.36. The quantitative estimate of drug-likeness (QED) is 0.924. The molecule has 0 bridgehead atoms. The van der Waals surface area contributed by atoms with Crippen molar-refractivity contribution >= 4 is 16.0 Å². The molecule has 0 aliphatic carbocycles. The van der Waals surface area contributed by atoms with Crippen LogP contribution in [0.1, 0.15) is 18.9 Å². The van der Waals surface area contributed by atoms with Gasteiger partial charge in [-0.05, 0) is 37.0 Å². The third kappa shape index (κ3) is 3.24. The highest BCUT2D eigenvalue weighted by molar-refractivity contribution is 7.89. The molecule has 21 heavy (non-hydrogen) atoms. The summed E-state index contributed by atoms with van der Waals surface area (Å²) in [4.78, 5) is 11.1. The van der Waals surface area contributed by atoms with Gasteiger partial charge in [0.2, 0.25) is 10.0 Å². The Morgan fingerprint density at radius 2 is 2.05 bits per heavy atom. The van der Waals surface area contributed by atoms with Crippen molar-refractivity contribution in [3.63, 3.8) is 0 Å². The number of rotatable bonds is 3. The molecule has 1 aliphatic heterocycles. The zero-order chi connectivity index (χ0) is 15.8. The highest BCUT2D eigenvalue weighted by atomic mass is 32.2. The Morgan fingerprint density at radius 3 is 2.67 bits per heavy atom. The molecule has 1 aromatic carbocycles. The van der Waals surface area contributed by atoms with Crippen molar-refractivity contribution < 1.29 is 22.7 Å². The van der Waals surface area contributed by atoms with Crippen LogP contribution < -0.4 is 0 Å². The molecule has 0 radical (unpaired) electrons. The topological polar surface area (TPSA) is 74.7 Å². The molecule has 1 fully saturated rings. The lowest BCUT2D eigenvalue weighted by atomic mass is 9.92. The molecule has 0 spiro atoms. The van der Waals surface area contributed by atoms with Gasteiger partial charge in [0.05, 0.1) is 10.8 Å². The summed E-state index contributed by atoms with van der Waals surface area (Å²) in [5.74, 6) is -2.40. The molecule has 1 aromatic rings. The summed E-state index contributed by atoms with van der Waals surface area (Å²) < 4.78 is 39.8. The van der Waals surface area contributed by atoms with Gasteiger partial charge in [-0.1, -0.05) is 13.0 Å². The Kier molecular flexibility index (Phi) is 4.34. The Morgan fingerprint density at radius 1 is 1.38 bits per heavy atom. The average Bonchev–Trinajstić information content (AvgIpc) is 2.40. The fraction of sp³-hybridized carbons (Fsp3) is 0.500. The number of hydrogen-bond donors (Lipinski definition) is 1. The van der Waals surface area contributed by atoms with Crippen molar-refractivity contribution in [1.82, 2.24) is 4.31 Å². The molecule has 0 saturated carbocycles. The summed E-state index contributed by atoms with van der Waals surface area (Å²) >= 11 is 0. The molecule has 2 unspecified atom stereocenters. The van der Waals surface area contributed by atoms with Gasteiger partial charge in [0, 0.05) is 13.1 Å². The Hall–Kier alpha value is -1.47. The minimum atomic E-state index is -3.88. The van der Waals surface area contributed by atoms with Crippen LogP contribution >= 0.6 is 0 Å². The number of benzene rings is 1. The summed E-state index contributed by atoms with van der Waals surface area (Å²) in [5, 5.41) is 9.13. The van der Waals surface area contributed by atoms with Crippen LogP contribution in [-0.4, -0.2) is 36.9 Å². The van der Waals surface area contributed by atoms with Crippen LogP contribution in [0.15, 0.2) is 23.1 Å². The van der Waals surface area contributed by atoms with Crippen molar-refractivity contribution in [3.05, 3.63) is 29.6 Å². The largest absolute Gasteiger partial charge is 0.481 e. The third-order valence-electron chi connectivity index (χ3n) is 3.74. The molecule has 2 rings (SSSR count). The number of piperidine rings is 1. The first-order chi connectivity index (χ1) is 9.71. The number of carboxylic acids is 1. The number of halogens is 1. The first-order valence-electron chi connectivity index (χ1n) is 6.71. The van der Waals surface area contributed by atoms with Crippen LogP contribution in [0.25, 0.3) is 0 Å². The zero-order valence-electron chi connectivity index (χ0n) is 11.9. The molecule has 7 heteroatoms. The van der Waals surface area contributed by atoms with Crippen LogP contribution in [0.3, 0.4) is 0 Å². The second-order valence-corrected chi connectivity index (χ2v) is 7.51. The lowest BCUT2D eigenvalue weighted by molar-refractivity contribution is -0.143. The number of nitrogens with zero attached hydrogens (tertiary/aromatic N) is 1. The van der Waals surface area contributed by atoms with E-state index in [1.807, 2.05) is 6.92 Å². The number of aryl methyl sites for hydroxylation is 1. The second kappa shape index (κ2) is 5.73. The second-order valence-electron chi connectivity index (χ2n) is 5.61. The van der Waals surface area contributed by atoms with Gasteiger partial charge in [0.25, 0.3) is 0 Å². The van der Waals surface area contributed by atoms with E-state index in [2.05, 4.69) is 0 Å². The van der Waals surface area contributed by atoms with Crippen molar-refractivity contribution in [2.75, 3.05) is 13.1 Å². The van der Waals surface area contributed by atoms with Gasteiger partial charge >= 0.3 is 5.97 Å². The maximum Gasteiger partial charge on any atom is 0.307 e. The summed E-state index contributed by atoms with van der Waals surface area (Å²) in [5.41, 5.74) is 0.446. The van der Waals surface area contributed by atoms with E-state index in [4.69, 9.17) is 5.11 Å². The van der Waals surface area contributed by atoms with Gasteiger partial charge in [0.1, 0.15) is 5.82 Å². The van der Waals surface area contributed by atoms with Gasteiger partial charge in [-0.2, -0.15) is 4.31 Å². The smallest absolute Gasteiger partial charge is 0.307 e. The van der Waals surface area contributed by atoms with E-state index in [0.29, 0.717) is 12.0 Å². The number of hydrogen-bond acceptors (Lipinski definition) is 3. The standard InChI is InChI=1S/C14H18FNO4S/c1-9-5-11(14(17)18)8-16(7-9)21(19,20)13-6-12(15)4-3-10(13)2/h3-4,6,9,11H,5,7-8H2,1-2H3,(H,17,18). The van der Waals surface area contributed by atoms with Gasteiger partial charge in [-0.3, -0.25) is 4.79 Å². The molecule has 0 amide bonds. The number of carbonyl (C=O) groups is 1. The van der Waals surface area contributed by atoms with Crippen LogP contribution in [0.2, 0.25) is 0 Å². The molecule has 1 saturated heterocycles. The zero-order valence-corrected chi connectivity index (χ0v) is 12.7. The Bertz CT molecular complexity index is 659. The van der Waals surface area contributed by atoms with E-state index in [0.717, 1.165) is 10.4 Å². The van der Waals surface area contributed by atoms with E-state index in [1.54, 1.807) is 6.92 Å². The molecule has 1 heterocycles. The van der Waals surface area contributed by atoms with E-state index >= 15 is 0 Å². The lowest BCUT2D eigenvalue weighted by Gasteiger charge is -2.34. The van der Waals surface area contributed by atoms with Gasteiger partial charge < -0.3 is 5.11 Å². The van der Waals surface area contributed by atoms with Crippen LogP contribution in [0.4, 0.5) is 4.39 Å². The fourth-order valence-corrected chi connectivity index (χ4v) is 4.51. The SMILES string of the molecule is Cc1ccc(F)cc1S(=O)(=O)N1CC(C)CC(C(=O)O)C1. The maximum atomic E-state index is 13.3. The van der Waals surface area contributed by atoms with Crippen LogP contribution in [-0.2, 0) is 14.8 Å². The summed E-state index contributed by atoms with van der Waals surface area (Å²) in [6.07, 6.45) is 0.448. The van der Waals surface area contributed by atoms with Gasteiger partial charge in [-0.25, -0.2) is 12.8 Å². The molecular formula is C14H18FNO4S. The molecule has 116 valence electrons. The number of carboxylic acid groups (broad SMARTS) is 1. The molecule has 1 aliphatic rings. The Labute approximate surface area is 123 Å².